The number of sulfonamides is 1. The molecule has 7 rings (SSSR count). The average molecular weight is 751 g/mol. The molecule has 53 heavy (non-hydrogen) atoms. The molecule has 3 saturated carbocycles. The van der Waals surface area contributed by atoms with E-state index in [1.807, 2.05) is 32.0 Å². The standard InChI is InChI=1S/C35H42N8O9S/c1-7-34-17-35(34,30(46)42-53(47,48)22-9-10-22)29(34)38-26(44)24-15-21(52-27-23-11-8-20(49-4)14-19(23)12-13-36-27)16-43(24)28(45)25(18(2)3)37-31-39-32(50-5)41-33(40-31)51-6/h7-8,11-14,18,21-22,24-25,29H,1,9-10,15-17H2,2-6H3,(H,38,44)(H,42,46)(H,37,39,40,41)/t21-,24+,25-,29?,34+,35?/m1/s1. The van der Waals surface area contributed by atoms with Gasteiger partial charge in [-0.05, 0) is 54.8 Å². The molecule has 6 atom stereocenters. The lowest BCUT2D eigenvalue weighted by Gasteiger charge is -2.30. The van der Waals surface area contributed by atoms with Crippen molar-refractivity contribution >= 4 is 44.5 Å². The van der Waals surface area contributed by atoms with Crippen molar-refractivity contribution in [1.82, 2.24) is 34.9 Å². The number of benzene rings is 1. The minimum atomic E-state index is -3.80. The van der Waals surface area contributed by atoms with Crippen LogP contribution in [0.5, 0.6) is 23.7 Å². The van der Waals surface area contributed by atoms with Gasteiger partial charge in [-0.1, -0.05) is 19.9 Å². The second-order valence-corrected chi connectivity index (χ2v) is 16.2. The fourth-order valence-corrected chi connectivity index (χ4v) is 8.74. The molecule has 17 nitrogen and oxygen atoms in total. The Labute approximate surface area is 306 Å². The first-order valence-electron chi connectivity index (χ1n) is 17.3. The molecule has 1 aromatic carbocycles. The summed E-state index contributed by atoms with van der Waals surface area (Å²) in [5.41, 5.74) is -1.90. The summed E-state index contributed by atoms with van der Waals surface area (Å²) in [5.74, 6) is -0.880. The van der Waals surface area contributed by atoms with Gasteiger partial charge in [0.1, 0.15) is 23.9 Å². The number of likely N-dealkylation sites (tertiary alicyclic amines) is 1. The lowest BCUT2D eigenvalue weighted by molar-refractivity contribution is -0.140. The predicted molar refractivity (Wildman–Crippen MR) is 190 cm³/mol. The van der Waals surface area contributed by atoms with Crippen LogP contribution in [0.25, 0.3) is 10.8 Å². The molecule has 1 aliphatic heterocycles. The fourth-order valence-electron chi connectivity index (χ4n) is 7.38. The Bertz CT molecular complexity index is 2070. The van der Waals surface area contributed by atoms with E-state index in [2.05, 4.69) is 41.9 Å². The summed E-state index contributed by atoms with van der Waals surface area (Å²) in [6, 6.07) is 4.63. The predicted octanol–water partition coefficient (Wildman–Crippen LogP) is 1.60. The third-order valence-corrected chi connectivity index (χ3v) is 12.5. The summed E-state index contributed by atoms with van der Waals surface area (Å²) in [4.78, 5) is 60.5. The summed E-state index contributed by atoms with van der Waals surface area (Å²) in [6.45, 7) is 7.59. The molecular formula is C35H42N8O9S. The molecule has 282 valence electrons. The largest absolute Gasteiger partial charge is 0.497 e. The van der Waals surface area contributed by atoms with Gasteiger partial charge in [0, 0.05) is 23.4 Å². The number of hydrogen-bond acceptors (Lipinski definition) is 14. The second-order valence-electron chi connectivity index (χ2n) is 14.2. The highest BCUT2D eigenvalue weighted by Gasteiger charge is 2.94. The molecule has 3 amide bonds. The van der Waals surface area contributed by atoms with Crippen LogP contribution in [0.3, 0.4) is 0 Å². The lowest BCUT2D eigenvalue weighted by Crippen LogP contribution is -2.53. The van der Waals surface area contributed by atoms with Crippen LogP contribution >= 0.6 is 0 Å². The van der Waals surface area contributed by atoms with Crippen LogP contribution in [-0.4, -0.2) is 108 Å². The Morgan fingerprint density at radius 1 is 1.04 bits per heavy atom. The average Bonchev–Trinajstić information content (AvgIpc) is 4.10. The molecular weight excluding hydrogens is 708 g/mol. The maximum Gasteiger partial charge on any atom is 0.324 e. The molecule has 1 saturated heterocycles. The number of carbonyl (C=O) groups excluding carboxylic acids is 3. The molecule has 3 N–H and O–H groups in total. The normalized spacial score (nSPS) is 26.2. The summed E-state index contributed by atoms with van der Waals surface area (Å²) in [7, 11) is 0.553. The quantitative estimate of drug-likeness (QED) is 0.188. The number of aromatic nitrogens is 4. The van der Waals surface area contributed by atoms with Crippen LogP contribution in [-0.2, 0) is 24.4 Å². The number of fused-ring (bicyclic) bond motifs is 2. The van der Waals surface area contributed by atoms with E-state index in [4.69, 9.17) is 18.9 Å². The summed E-state index contributed by atoms with van der Waals surface area (Å²) in [6.07, 6.45) is 4.02. The number of methoxy groups -OCH3 is 3. The first-order chi connectivity index (χ1) is 25.3. The number of ether oxygens (including phenoxy) is 4. The van der Waals surface area contributed by atoms with Crippen molar-refractivity contribution in [1.29, 1.82) is 0 Å². The molecule has 18 heteroatoms. The molecule has 4 aliphatic rings. The fraction of sp³-hybridized carbons (Fsp3) is 0.514. The molecule has 0 bridgehead atoms. The number of rotatable bonds is 15. The summed E-state index contributed by atoms with van der Waals surface area (Å²) in [5, 5.41) is 7.01. The molecule has 2 aromatic heterocycles. The lowest BCUT2D eigenvalue weighted by atomic mass is 10.0. The summed E-state index contributed by atoms with van der Waals surface area (Å²) < 4.78 is 49.6. The second kappa shape index (κ2) is 13.3. The van der Waals surface area contributed by atoms with Gasteiger partial charge < -0.3 is 34.5 Å². The van der Waals surface area contributed by atoms with Gasteiger partial charge in [0.05, 0.1) is 44.6 Å². The van der Waals surface area contributed by atoms with Crippen molar-refractivity contribution in [3.8, 4) is 23.7 Å². The monoisotopic (exact) mass is 750 g/mol. The highest BCUT2D eigenvalue weighted by molar-refractivity contribution is 7.90. The van der Waals surface area contributed by atoms with Crippen LogP contribution in [0.15, 0.2) is 43.1 Å². The maximum atomic E-state index is 14.5. The van der Waals surface area contributed by atoms with E-state index >= 15 is 0 Å². The number of carbonyl (C=O) groups is 3. The van der Waals surface area contributed by atoms with Gasteiger partial charge in [0.25, 0.3) is 0 Å². The molecule has 0 spiro atoms. The van der Waals surface area contributed by atoms with Crippen molar-refractivity contribution in [2.24, 2.45) is 16.7 Å². The third-order valence-electron chi connectivity index (χ3n) is 10.7. The molecule has 3 aromatic rings. The zero-order chi connectivity index (χ0) is 37.9. The van der Waals surface area contributed by atoms with Crippen molar-refractivity contribution in [2.75, 3.05) is 33.2 Å². The van der Waals surface area contributed by atoms with Gasteiger partial charge in [-0.25, -0.2) is 13.4 Å². The van der Waals surface area contributed by atoms with Crippen molar-refractivity contribution in [3.63, 3.8) is 0 Å². The van der Waals surface area contributed by atoms with E-state index in [0.29, 0.717) is 30.9 Å². The number of pyridine rings is 1. The van der Waals surface area contributed by atoms with Crippen LogP contribution in [0.2, 0.25) is 0 Å². The highest BCUT2D eigenvalue weighted by atomic mass is 32.2. The van der Waals surface area contributed by atoms with Crippen LogP contribution in [0.4, 0.5) is 5.95 Å². The van der Waals surface area contributed by atoms with Gasteiger partial charge in [0.2, 0.25) is 39.6 Å². The van der Waals surface area contributed by atoms with Crippen LogP contribution in [0.1, 0.15) is 39.5 Å². The summed E-state index contributed by atoms with van der Waals surface area (Å²) >= 11 is 0. The number of hydrogen-bond donors (Lipinski definition) is 3. The number of nitrogens with zero attached hydrogens (tertiary/aromatic N) is 5. The Balaban J connectivity index is 1.15. The highest BCUT2D eigenvalue weighted by Crippen LogP contribution is 2.86. The number of anilines is 1. The Kier molecular flexibility index (Phi) is 9.06. The van der Waals surface area contributed by atoms with E-state index in [1.54, 1.807) is 25.4 Å². The zero-order valence-electron chi connectivity index (χ0n) is 30.0. The van der Waals surface area contributed by atoms with Crippen LogP contribution < -0.4 is 34.3 Å². The topological polar surface area (TPSA) is 213 Å². The van der Waals surface area contributed by atoms with Crippen molar-refractivity contribution in [2.45, 2.75) is 69.0 Å². The van der Waals surface area contributed by atoms with E-state index in [9.17, 15) is 22.8 Å². The number of amides is 3. The van der Waals surface area contributed by atoms with Gasteiger partial charge in [-0.15, -0.1) is 11.6 Å². The maximum absolute atomic E-state index is 14.5. The van der Waals surface area contributed by atoms with Gasteiger partial charge in [-0.3, -0.25) is 19.1 Å². The van der Waals surface area contributed by atoms with E-state index in [1.165, 1.54) is 19.1 Å². The smallest absolute Gasteiger partial charge is 0.324 e. The molecule has 0 radical (unpaired) electrons. The minimum absolute atomic E-state index is 0.0246. The van der Waals surface area contributed by atoms with Crippen molar-refractivity contribution in [3.05, 3.63) is 43.1 Å². The Morgan fingerprint density at radius 3 is 2.38 bits per heavy atom. The Morgan fingerprint density at radius 2 is 1.75 bits per heavy atom. The van der Waals surface area contributed by atoms with E-state index in [-0.39, 0.29) is 36.9 Å². The van der Waals surface area contributed by atoms with E-state index < -0.39 is 68.1 Å². The molecule has 3 aliphatic carbocycles. The van der Waals surface area contributed by atoms with Gasteiger partial charge in [-0.2, -0.15) is 9.97 Å². The molecule has 4 fully saturated rings. The minimum Gasteiger partial charge on any atom is -0.497 e. The van der Waals surface area contributed by atoms with E-state index in [0.717, 1.165) is 10.8 Å². The first-order valence-corrected chi connectivity index (χ1v) is 18.9. The Hall–Kier alpha value is -5.26. The first kappa shape index (κ1) is 36.1. The zero-order valence-corrected chi connectivity index (χ0v) is 30.8. The SMILES string of the molecule is C=C[C@@]12CC1(C(=O)NS(=O)(=O)C1CC1)C2NC(=O)[C@@H]1C[C@@H](Oc2nccc3cc(OC)ccc23)CN1C(=O)[C@H](Nc1nc(OC)nc(OC)n1)C(C)C. The molecule has 2 unspecified atom stereocenters. The van der Waals surface area contributed by atoms with Crippen molar-refractivity contribution < 1.29 is 41.7 Å². The third kappa shape index (κ3) is 6.31. The van der Waals surface area contributed by atoms with Gasteiger partial charge in [0.15, 0.2) is 0 Å². The van der Waals surface area contributed by atoms with Gasteiger partial charge >= 0.3 is 12.0 Å². The number of nitrogens with one attached hydrogen (secondary N) is 3. The van der Waals surface area contributed by atoms with Crippen LogP contribution in [0, 0.1) is 16.7 Å². The molecule has 3 heterocycles.